The molecule has 106 valence electrons. The van der Waals surface area contributed by atoms with Crippen molar-refractivity contribution in [3.63, 3.8) is 0 Å². The minimum Gasteiger partial charge on any atom is -0.497 e. The van der Waals surface area contributed by atoms with E-state index in [0.29, 0.717) is 5.75 Å². The highest BCUT2D eigenvalue weighted by Gasteiger charge is 2.23. The van der Waals surface area contributed by atoms with Crippen molar-refractivity contribution >= 4 is 0 Å². The molecule has 0 spiro atoms. The molecule has 1 N–H and O–H groups in total. The standard InChI is InChI=1S/C15H22O4/c1-17-12-4-3-5-14(8-12)19-15-9-13(18-2)7-6-11(15)10-16/h6-7,9,12,14,16H,3-5,8,10H2,1-2H3. The summed E-state index contributed by atoms with van der Waals surface area (Å²) in [6, 6.07) is 5.50. The zero-order chi connectivity index (χ0) is 13.7. The van der Waals surface area contributed by atoms with Crippen LogP contribution in [0.25, 0.3) is 0 Å². The van der Waals surface area contributed by atoms with E-state index in [1.807, 2.05) is 18.2 Å². The lowest BCUT2D eigenvalue weighted by molar-refractivity contribution is 0.0203. The summed E-state index contributed by atoms with van der Waals surface area (Å²) in [4.78, 5) is 0. The minimum atomic E-state index is -0.0280. The van der Waals surface area contributed by atoms with E-state index in [-0.39, 0.29) is 18.8 Å². The van der Waals surface area contributed by atoms with E-state index in [9.17, 15) is 5.11 Å². The van der Waals surface area contributed by atoms with Gasteiger partial charge in [-0.25, -0.2) is 0 Å². The number of methoxy groups -OCH3 is 2. The first kappa shape index (κ1) is 14.2. The summed E-state index contributed by atoms with van der Waals surface area (Å²) in [5.74, 6) is 1.45. The molecule has 0 amide bonds. The van der Waals surface area contributed by atoms with Crippen molar-refractivity contribution in [2.24, 2.45) is 0 Å². The SMILES string of the molecule is COc1ccc(CO)c(OC2CCCC(OC)C2)c1. The van der Waals surface area contributed by atoms with Crippen molar-refractivity contribution in [2.45, 2.75) is 44.5 Å². The quantitative estimate of drug-likeness (QED) is 0.889. The van der Waals surface area contributed by atoms with Crippen LogP contribution in [-0.4, -0.2) is 31.5 Å². The van der Waals surface area contributed by atoms with Crippen molar-refractivity contribution in [1.82, 2.24) is 0 Å². The molecule has 1 aromatic rings. The third kappa shape index (κ3) is 3.61. The van der Waals surface area contributed by atoms with Gasteiger partial charge in [-0.2, -0.15) is 0 Å². The van der Waals surface area contributed by atoms with Crippen LogP contribution in [0.2, 0.25) is 0 Å². The first-order valence-corrected chi connectivity index (χ1v) is 6.74. The number of ether oxygens (including phenoxy) is 3. The van der Waals surface area contributed by atoms with Gasteiger partial charge in [0.05, 0.1) is 19.8 Å². The molecule has 2 rings (SSSR count). The van der Waals surface area contributed by atoms with Gasteiger partial charge in [0.15, 0.2) is 0 Å². The molecule has 0 aromatic heterocycles. The number of benzene rings is 1. The lowest BCUT2D eigenvalue weighted by atomic mass is 9.95. The predicted octanol–water partition coefficient (Wildman–Crippen LogP) is 2.52. The van der Waals surface area contributed by atoms with Crippen LogP contribution in [0.3, 0.4) is 0 Å². The van der Waals surface area contributed by atoms with E-state index in [2.05, 4.69) is 0 Å². The molecule has 2 atom stereocenters. The van der Waals surface area contributed by atoms with Crippen LogP contribution in [-0.2, 0) is 11.3 Å². The fourth-order valence-corrected chi connectivity index (χ4v) is 2.50. The number of hydrogen-bond donors (Lipinski definition) is 1. The Morgan fingerprint density at radius 2 is 2.00 bits per heavy atom. The second kappa shape index (κ2) is 6.78. The maximum absolute atomic E-state index is 9.36. The molecule has 1 saturated carbocycles. The van der Waals surface area contributed by atoms with E-state index in [4.69, 9.17) is 14.2 Å². The van der Waals surface area contributed by atoms with E-state index in [1.165, 1.54) is 0 Å². The Kier molecular flexibility index (Phi) is 5.05. The topological polar surface area (TPSA) is 47.9 Å². The summed E-state index contributed by atoms with van der Waals surface area (Å²) < 4.78 is 16.6. The molecule has 19 heavy (non-hydrogen) atoms. The maximum Gasteiger partial charge on any atom is 0.128 e. The zero-order valence-corrected chi connectivity index (χ0v) is 11.6. The molecule has 1 aliphatic carbocycles. The van der Waals surface area contributed by atoms with Gasteiger partial charge >= 0.3 is 0 Å². The van der Waals surface area contributed by atoms with Gasteiger partial charge in [0.25, 0.3) is 0 Å². The molecular formula is C15H22O4. The molecule has 0 aliphatic heterocycles. The van der Waals surface area contributed by atoms with Gasteiger partial charge in [0.2, 0.25) is 0 Å². The minimum absolute atomic E-state index is 0.0280. The van der Waals surface area contributed by atoms with Gasteiger partial charge in [-0.3, -0.25) is 0 Å². The Labute approximate surface area is 114 Å². The Balaban J connectivity index is 2.08. The molecule has 4 heteroatoms. The third-order valence-corrected chi connectivity index (χ3v) is 3.65. The van der Waals surface area contributed by atoms with Crippen molar-refractivity contribution in [2.75, 3.05) is 14.2 Å². The summed E-state index contributed by atoms with van der Waals surface area (Å²) in [6.07, 6.45) is 4.57. The van der Waals surface area contributed by atoms with Crippen molar-refractivity contribution in [1.29, 1.82) is 0 Å². The largest absolute Gasteiger partial charge is 0.497 e. The second-order valence-corrected chi connectivity index (χ2v) is 4.90. The number of aliphatic hydroxyl groups excluding tert-OH is 1. The van der Waals surface area contributed by atoms with Gasteiger partial charge in [0.1, 0.15) is 17.6 Å². The Hall–Kier alpha value is -1.26. The lowest BCUT2D eigenvalue weighted by Crippen LogP contribution is -2.29. The van der Waals surface area contributed by atoms with Gasteiger partial charge in [-0.05, 0) is 31.4 Å². The number of aliphatic hydroxyl groups is 1. The average Bonchev–Trinajstić information content (AvgIpc) is 2.47. The highest BCUT2D eigenvalue weighted by molar-refractivity contribution is 5.40. The smallest absolute Gasteiger partial charge is 0.128 e. The monoisotopic (exact) mass is 266 g/mol. The van der Waals surface area contributed by atoms with E-state index < -0.39 is 0 Å². The Morgan fingerprint density at radius 3 is 2.68 bits per heavy atom. The van der Waals surface area contributed by atoms with Gasteiger partial charge in [-0.1, -0.05) is 0 Å². The highest BCUT2D eigenvalue weighted by Crippen LogP contribution is 2.30. The first-order valence-electron chi connectivity index (χ1n) is 6.74. The van der Waals surface area contributed by atoms with Gasteiger partial charge in [-0.15, -0.1) is 0 Å². The summed E-state index contributed by atoms with van der Waals surface area (Å²) >= 11 is 0. The van der Waals surface area contributed by atoms with Crippen molar-refractivity contribution < 1.29 is 19.3 Å². The summed E-state index contributed by atoms with van der Waals surface area (Å²) in [5, 5.41) is 9.36. The first-order chi connectivity index (χ1) is 9.26. The Morgan fingerprint density at radius 1 is 1.21 bits per heavy atom. The van der Waals surface area contributed by atoms with Crippen LogP contribution in [0.15, 0.2) is 18.2 Å². The van der Waals surface area contributed by atoms with Crippen LogP contribution >= 0.6 is 0 Å². The molecule has 4 nitrogen and oxygen atoms in total. The van der Waals surface area contributed by atoms with Gasteiger partial charge < -0.3 is 19.3 Å². The van der Waals surface area contributed by atoms with Gasteiger partial charge in [0, 0.05) is 25.2 Å². The molecule has 1 fully saturated rings. The zero-order valence-electron chi connectivity index (χ0n) is 11.6. The maximum atomic E-state index is 9.36. The third-order valence-electron chi connectivity index (χ3n) is 3.65. The molecule has 2 unspecified atom stereocenters. The van der Waals surface area contributed by atoms with E-state index in [0.717, 1.165) is 37.0 Å². The van der Waals surface area contributed by atoms with Crippen molar-refractivity contribution in [3.05, 3.63) is 23.8 Å². The lowest BCUT2D eigenvalue weighted by Gasteiger charge is -2.29. The van der Waals surface area contributed by atoms with Crippen LogP contribution < -0.4 is 9.47 Å². The number of rotatable bonds is 5. The van der Waals surface area contributed by atoms with Crippen LogP contribution in [0.5, 0.6) is 11.5 Å². The number of hydrogen-bond acceptors (Lipinski definition) is 4. The van der Waals surface area contributed by atoms with E-state index >= 15 is 0 Å². The van der Waals surface area contributed by atoms with E-state index in [1.54, 1.807) is 14.2 Å². The van der Waals surface area contributed by atoms with Crippen LogP contribution in [0, 0.1) is 0 Å². The normalized spacial score (nSPS) is 23.1. The average molecular weight is 266 g/mol. The van der Waals surface area contributed by atoms with Crippen molar-refractivity contribution in [3.8, 4) is 11.5 Å². The molecule has 0 saturated heterocycles. The van der Waals surface area contributed by atoms with Crippen LogP contribution in [0.1, 0.15) is 31.2 Å². The predicted molar refractivity (Wildman–Crippen MR) is 72.6 cm³/mol. The summed E-state index contributed by atoms with van der Waals surface area (Å²) in [7, 11) is 3.37. The fourth-order valence-electron chi connectivity index (χ4n) is 2.50. The fraction of sp³-hybridized carbons (Fsp3) is 0.600. The molecule has 0 heterocycles. The molecule has 0 radical (unpaired) electrons. The molecule has 1 aliphatic rings. The van der Waals surface area contributed by atoms with Crippen LogP contribution in [0.4, 0.5) is 0 Å². The molecular weight excluding hydrogens is 244 g/mol. The highest BCUT2D eigenvalue weighted by atomic mass is 16.5. The molecule has 1 aromatic carbocycles. The second-order valence-electron chi connectivity index (χ2n) is 4.90. The molecule has 0 bridgehead atoms. The summed E-state index contributed by atoms with van der Waals surface area (Å²) in [6.45, 7) is -0.0280. The summed E-state index contributed by atoms with van der Waals surface area (Å²) in [5.41, 5.74) is 0.792. The Bertz CT molecular complexity index is 405.